The van der Waals surface area contributed by atoms with Crippen molar-refractivity contribution in [2.45, 2.75) is 25.6 Å². The first-order chi connectivity index (χ1) is 11.4. The molecule has 0 saturated heterocycles. The Bertz CT molecular complexity index is 544. The van der Waals surface area contributed by atoms with Crippen molar-refractivity contribution < 1.29 is 17.9 Å². The zero-order valence-electron chi connectivity index (χ0n) is 14.1. The average Bonchev–Trinajstić information content (AvgIpc) is 2.53. The number of alkyl halides is 3. The van der Waals surface area contributed by atoms with Crippen molar-refractivity contribution >= 4 is 5.96 Å². The number of rotatable bonds is 8. The summed E-state index contributed by atoms with van der Waals surface area (Å²) in [6.07, 6.45) is -0.567. The molecule has 0 aromatic heterocycles. The third kappa shape index (κ3) is 7.89. The Morgan fingerprint density at radius 2 is 2.17 bits per heavy atom. The van der Waals surface area contributed by atoms with Gasteiger partial charge in [0.25, 0.3) is 0 Å². The third-order valence-corrected chi connectivity index (χ3v) is 3.23. The summed E-state index contributed by atoms with van der Waals surface area (Å²) >= 11 is 0. The highest BCUT2D eigenvalue weighted by Gasteiger charge is 2.28. The van der Waals surface area contributed by atoms with Crippen LogP contribution in [0.1, 0.15) is 18.4 Å². The van der Waals surface area contributed by atoms with Crippen LogP contribution < -0.4 is 10.1 Å². The molecule has 0 atom stereocenters. The van der Waals surface area contributed by atoms with Gasteiger partial charge in [-0.1, -0.05) is 18.2 Å². The topological polar surface area (TPSA) is 36.9 Å². The van der Waals surface area contributed by atoms with E-state index in [1.54, 1.807) is 19.2 Å². The fourth-order valence-electron chi connectivity index (χ4n) is 2.05. The highest BCUT2D eigenvalue weighted by molar-refractivity contribution is 5.79. The Labute approximate surface area is 141 Å². The Morgan fingerprint density at radius 1 is 1.42 bits per heavy atom. The SMILES string of the molecule is C=CCCCN(C)C(=NC)NCc1cccc(OCC(F)(F)F)c1. The number of aliphatic imine (C=N–C) groups is 1. The minimum atomic E-state index is -4.34. The van der Waals surface area contributed by atoms with E-state index in [1.807, 2.05) is 24.1 Å². The normalized spacial score (nSPS) is 12.0. The van der Waals surface area contributed by atoms with Gasteiger partial charge in [-0.25, -0.2) is 0 Å². The van der Waals surface area contributed by atoms with Crippen molar-refractivity contribution in [2.75, 3.05) is 27.2 Å². The lowest BCUT2D eigenvalue weighted by atomic mass is 10.2. The number of hydrogen-bond acceptors (Lipinski definition) is 2. The highest BCUT2D eigenvalue weighted by atomic mass is 19.4. The van der Waals surface area contributed by atoms with Crippen LogP contribution in [-0.2, 0) is 6.54 Å². The summed E-state index contributed by atoms with van der Waals surface area (Å²) in [5, 5.41) is 3.18. The van der Waals surface area contributed by atoms with Crippen molar-refractivity contribution in [3.05, 3.63) is 42.5 Å². The van der Waals surface area contributed by atoms with E-state index >= 15 is 0 Å². The minimum Gasteiger partial charge on any atom is -0.484 e. The van der Waals surface area contributed by atoms with Crippen LogP contribution >= 0.6 is 0 Å². The number of benzene rings is 1. The summed E-state index contributed by atoms with van der Waals surface area (Å²) < 4.78 is 41.3. The van der Waals surface area contributed by atoms with Gasteiger partial charge in [0.1, 0.15) is 5.75 Å². The van der Waals surface area contributed by atoms with Crippen LogP contribution in [0.2, 0.25) is 0 Å². The largest absolute Gasteiger partial charge is 0.484 e. The van der Waals surface area contributed by atoms with Gasteiger partial charge in [-0.05, 0) is 30.5 Å². The van der Waals surface area contributed by atoms with Gasteiger partial charge in [0, 0.05) is 27.2 Å². The Morgan fingerprint density at radius 3 is 2.79 bits per heavy atom. The quantitative estimate of drug-likeness (QED) is 0.339. The van der Waals surface area contributed by atoms with E-state index in [0.29, 0.717) is 6.54 Å². The lowest BCUT2D eigenvalue weighted by Gasteiger charge is -2.22. The summed E-state index contributed by atoms with van der Waals surface area (Å²) in [5.41, 5.74) is 0.815. The second-order valence-electron chi connectivity index (χ2n) is 5.30. The number of ether oxygens (including phenoxy) is 1. The molecule has 0 bridgehead atoms. The average molecular weight is 343 g/mol. The second-order valence-corrected chi connectivity index (χ2v) is 5.30. The third-order valence-electron chi connectivity index (χ3n) is 3.23. The number of halogens is 3. The van der Waals surface area contributed by atoms with E-state index < -0.39 is 12.8 Å². The molecule has 0 aliphatic rings. The Balaban J connectivity index is 2.54. The van der Waals surface area contributed by atoms with Crippen molar-refractivity contribution in [2.24, 2.45) is 4.99 Å². The van der Waals surface area contributed by atoms with Gasteiger partial charge in [-0.15, -0.1) is 6.58 Å². The first-order valence-electron chi connectivity index (χ1n) is 7.67. The maximum absolute atomic E-state index is 12.2. The fraction of sp³-hybridized carbons (Fsp3) is 0.471. The van der Waals surface area contributed by atoms with Crippen LogP contribution in [0.25, 0.3) is 0 Å². The van der Waals surface area contributed by atoms with Crippen LogP contribution in [0.3, 0.4) is 0 Å². The van der Waals surface area contributed by atoms with E-state index in [-0.39, 0.29) is 5.75 Å². The van der Waals surface area contributed by atoms with Gasteiger partial charge in [0.2, 0.25) is 0 Å². The second kappa shape index (κ2) is 9.85. The van der Waals surface area contributed by atoms with Crippen molar-refractivity contribution in [1.29, 1.82) is 0 Å². The monoisotopic (exact) mass is 343 g/mol. The molecule has 24 heavy (non-hydrogen) atoms. The fourth-order valence-corrected chi connectivity index (χ4v) is 2.05. The number of hydrogen-bond donors (Lipinski definition) is 1. The highest BCUT2D eigenvalue weighted by Crippen LogP contribution is 2.19. The van der Waals surface area contributed by atoms with E-state index in [9.17, 15) is 13.2 Å². The molecular formula is C17H24F3N3O. The van der Waals surface area contributed by atoms with Gasteiger partial charge in [0.05, 0.1) is 0 Å². The maximum atomic E-state index is 12.2. The van der Waals surface area contributed by atoms with Crippen LogP contribution in [-0.4, -0.2) is 44.3 Å². The summed E-state index contributed by atoms with van der Waals surface area (Å²) in [6, 6.07) is 6.58. The van der Waals surface area contributed by atoms with Gasteiger partial charge >= 0.3 is 6.18 Å². The molecule has 4 nitrogen and oxygen atoms in total. The smallest absolute Gasteiger partial charge is 0.422 e. The number of allylic oxidation sites excluding steroid dienone is 1. The molecule has 1 N–H and O–H groups in total. The molecule has 0 unspecified atom stereocenters. The molecule has 7 heteroatoms. The molecule has 0 fully saturated rings. The predicted molar refractivity (Wildman–Crippen MR) is 90.3 cm³/mol. The van der Waals surface area contributed by atoms with Gasteiger partial charge < -0.3 is 15.0 Å². The Hall–Kier alpha value is -2.18. The lowest BCUT2D eigenvalue weighted by molar-refractivity contribution is -0.153. The standard InChI is InChI=1S/C17H24F3N3O/c1-4-5-6-10-23(3)16(21-2)22-12-14-8-7-9-15(11-14)24-13-17(18,19)20/h4,7-9,11H,1,5-6,10,12-13H2,2-3H3,(H,21,22). The van der Waals surface area contributed by atoms with Crippen molar-refractivity contribution in [3.63, 3.8) is 0 Å². The van der Waals surface area contributed by atoms with Gasteiger partial charge in [-0.3, -0.25) is 4.99 Å². The zero-order chi connectivity index (χ0) is 18.0. The van der Waals surface area contributed by atoms with Crippen LogP contribution in [0, 0.1) is 0 Å². The molecule has 0 aliphatic carbocycles. The minimum absolute atomic E-state index is 0.195. The van der Waals surface area contributed by atoms with E-state index in [4.69, 9.17) is 4.74 Å². The maximum Gasteiger partial charge on any atom is 0.422 e. The Kier molecular flexibility index (Phi) is 8.15. The molecule has 0 amide bonds. The molecule has 0 saturated carbocycles. The first kappa shape index (κ1) is 19.9. The molecule has 0 heterocycles. The number of unbranched alkanes of at least 4 members (excludes halogenated alkanes) is 1. The summed E-state index contributed by atoms with van der Waals surface area (Å²) in [7, 11) is 3.62. The van der Waals surface area contributed by atoms with Crippen molar-refractivity contribution in [1.82, 2.24) is 10.2 Å². The van der Waals surface area contributed by atoms with E-state index in [0.717, 1.165) is 30.9 Å². The summed E-state index contributed by atoms with van der Waals surface area (Å²) in [6.45, 7) is 3.68. The predicted octanol–water partition coefficient (Wildman–Crippen LogP) is 3.60. The van der Waals surface area contributed by atoms with Gasteiger partial charge in [-0.2, -0.15) is 13.2 Å². The summed E-state index contributed by atoms with van der Waals surface area (Å²) in [5.74, 6) is 0.918. The molecule has 1 aromatic rings. The first-order valence-corrected chi connectivity index (χ1v) is 7.67. The molecule has 1 rings (SSSR count). The summed E-state index contributed by atoms with van der Waals surface area (Å²) in [4.78, 5) is 6.19. The molecule has 1 aromatic carbocycles. The molecular weight excluding hydrogens is 319 g/mol. The van der Waals surface area contributed by atoms with E-state index in [1.165, 1.54) is 6.07 Å². The molecule has 0 aliphatic heterocycles. The lowest BCUT2D eigenvalue weighted by Crippen LogP contribution is -2.38. The zero-order valence-corrected chi connectivity index (χ0v) is 14.1. The molecule has 134 valence electrons. The van der Waals surface area contributed by atoms with Crippen LogP contribution in [0.4, 0.5) is 13.2 Å². The van der Waals surface area contributed by atoms with E-state index in [2.05, 4.69) is 16.9 Å². The number of guanidine groups is 1. The number of nitrogens with one attached hydrogen (secondary N) is 1. The molecule has 0 spiro atoms. The number of nitrogens with zero attached hydrogens (tertiary/aromatic N) is 2. The van der Waals surface area contributed by atoms with Crippen LogP contribution in [0.5, 0.6) is 5.75 Å². The molecule has 0 radical (unpaired) electrons. The van der Waals surface area contributed by atoms with Crippen molar-refractivity contribution in [3.8, 4) is 5.75 Å². The van der Waals surface area contributed by atoms with Crippen LogP contribution in [0.15, 0.2) is 41.9 Å². The van der Waals surface area contributed by atoms with Gasteiger partial charge in [0.15, 0.2) is 12.6 Å².